The molecule has 0 bridgehead atoms. The van der Waals surface area contributed by atoms with Crippen molar-refractivity contribution in [2.75, 3.05) is 5.32 Å². The number of phenolic OH excluding ortho intramolecular Hbond substituents is 1. The summed E-state index contributed by atoms with van der Waals surface area (Å²) in [5.41, 5.74) is 3.69. The minimum atomic E-state index is -0.544. The predicted molar refractivity (Wildman–Crippen MR) is 112 cm³/mol. The quantitative estimate of drug-likeness (QED) is 0.395. The van der Waals surface area contributed by atoms with Gasteiger partial charge in [-0.25, -0.2) is 9.82 Å². The lowest BCUT2D eigenvalue weighted by molar-refractivity contribution is 0.0956. The standard InChI is InChI=1S/C21H15BrFN3O3/c22-15-6-9-19(25-20(28)14-4-7-16(23)8-5-14)18(11-15)21(29)26-24-12-13-2-1-3-17(27)10-13/h1-12,27H,(H,25,28)(H,26,29)/b24-12+. The van der Waals surface area contributed by atoms with Gasteiger partial charge in [0, 0.05) is 10.0 Å². The fourth-order valence-electron chi connectivity index (χ4n) is 2.44. The lowest BCUT2D eigenvalue weighted by atomic mass is 10.1. The van der Waals surface area contributed by atoms with Crippen molar-refractivity contribution in [1.82, 2.24) is 5.43 Å². The summed E-state index contributed by atoms with van der Waals surface area (Å²) in [5.74, 6) is -1.39. The van der Waals surface area contributed by atoms with E-state index in [4.69, 9.17) is 0 Å². The number of carbonyl (C=O) groups excluding carboxylic acids is 2. The van der Waals surface area contributed by atoms with Crippen LogP contribution in [0.25, 0.3) is 0 Å². The number of hydrazone groups is 1. The Hall–Kier alpha value is -3.52. The summed E-state index contributed by atoms with van der Waals surface area (Å²) in [5, 5.41) is 16.0. The Balaban J connectivity index is 1.76. The van der Waals surface area contributed by atoms with Crippen LogP contribution in [0.2, 0.25) is 0 Å². The van der Waals surface area contributed by atoms with Crippen molar-refractivity contribution in [3.8, 4) is 5.75 Å². The largest absolute Gasteiger partial charge is 0.508 e. The third-order valence-electron chi connectivity index (χ3n) is 3.83. The summed E-state index contributed by atoms with van der Waals surface area (Å²) < 4.78 is 13.7. The predicted octanol–water partition coefficient (Wildman–Crippen LogP) is 4.31. The van der Waals surface area contributed by atoms with Crippen LogP contribution < -0.4 is 10.7 Å². The van der Waals surface area contributed by atoms with E-state index >= 15 is 0 Å². The van der Waals surface area contributed by atoms with Crippen LogP contribution in [0.15, 0.2) is 76.3 Å². The van der Waals surface area contributed by atoms with E-state index in [2.05, 4.69) is 31.8 Å². The maximum atomic E-state index is 13.0. The molecule has 0 heterocycles. The highest BCUT2D eigenvalue weighted by Crippen LogP contribution is 2.22. The van der Waals surface area contributed by atoms with E-state index in [1.165, 1.54) is 42.6 Å². The van der Waals surface area contributed by atoms with Gasteiger partial charge in [0.25, 0.3) is 11.8 Å². The molecule has 6 nitrogen and oxygen atoms in total. The molecule has 3 aromatic rings. The second-order valence-electron chi connectivity index (χ2n) is 5.95. The zero-order chi connectivity index (χ0) is 20.8. The molecular formula is C21H15BrFN3O3. The molecule has 2 amide bonds. The van der Waals surface area contributed by atoms with Crippen molar-refractivity contribution in [3.05, 3.63) is 93.7 Å². The first kappa shape index (κ1) is 20.2. The van der Waals surface area contributed by atoms with Gasteiger partial charge < -0.3 is 10.4 Å². The van der Waals surface area contributed by atoms with Crippen LogP contribution in [0.3, 0.4) is 0 Å². The zero-order valence-corrected chi connectivity index (χ0v) is 16.5. The van der Waals surface area contributed by atoms with Crippen molar-refractivity contribution in [1.29, 1.82) is 0 Å². The molecule has 8 heteroatoms. The number of anilines is 1. The molecule has 0 fully saturated rings. The lowest BCUT2D eigenvalue weighted by Gasteiger charge is -2.11. The molecule has 0 aliphatic carbocycles. The Labute approximate surface area is 174 Å². The molecular weight excluding hydrogens is 441 g/mol. The number of carbonyl (C=O) groups is 2. The van der Waals surface area contributed by atoms with Crippen molar-refractivity contribution < 1.29 is 19.1 Å². The first-order valence-electron chi connectivity index (χ1n) is 8.41. The highest BCUT2D eigenvalue weighted by molar-refractivity contribution is 9.10. The lowest BCUT2D eigenvalue weighted by Crippen LogP contribution is -2.21. The SMILES string of the molecule is O=C(Nc1ccc(Br)cc1C(=O)N/N=C/c1cccc(O)c1)c1ccc(F)cc1. The van der Waals surface area contributed by atoms with Gasteiger partial charge >= 0.3 is 0 Å². The van der Waals surface area contributed by atoms with Crippen LogP contribution in [0, 0.1) is 5.82 Å². The number of aromatic hydroxyl groups is 1. The minimum absolute atomic E-state index is 0.0815. The number of hydrogen-bond donors (Lipinski definition) is 3. The van der Waals surface area contributed by atoms with Gasteiger partial charge in [-0.05, 0) is 60.2 Å². The highest BCUT2D eigenvalue weighted by atomic mass is 79.9. The smallest absolute Gasteiger partial charge is 0.273 e. The van der Waals surface area contributed by atoms with E-state index in [1.54, 1.807) is 30.3 Å². The average Bonchev–Trinajstić information content (AvgIpc) is 2.69. The summed E-state index contributed by atoms with van der Waals surface area (Å²) in [4.78, 5) is 24.9. The number of rotatable bonds is 5. The summed E-state index contributed by atoms with van der Waals surface area (Å²) in [6, 6.07) is 16.2. The first-order chi connectivity index (χ1) is 13.9. The monoisotopic (exact) mass is 455 g/mol. The second kappa shape index (κ2) is 9.11. The van der Waals surface area contributed by atoms with Crippen molar-refractivity contribution in [2.24, 2.45) is 5.10 Å². The number of halogens is 2. The number of benzene rings is 3. The van der Waals surface area contributed by atoms with Crippen LogP contribution in [-0.4, -0.2) is 23.1 Å². The van der Waals surface area contributed by atoms with Gasteiger partial charge in [0.05, 0.1) is 17.5 Å². The summed E-state index contributed by atoms with van der Waals surface area (Å²) >= 11 is 3.30. The molecule has 0 aliphatic heterocycles. The number of amides is 2. The first-order valence-corrected chi connectivity index (χ1v) is 9.20. The van der Waals surface area contributed by atoms with Crippen LogP contribution in [-0.2, 0) is 0 Å². The fraction of sp³-hybridized carbons (Fsp3) is 0. The van der Waals surface area contributed by atoms with E-state index in [-0.39, 0.29) is 22.6 Å². The molecule has 0 saturated heterocycles. The number of hydrogen-bond acceptors (Lipinski definition) is 4. The van der Waals surface area contributed by atoms with Gasteiger partial charge in [0.1, 0.15) is 11.6 Å². The Morgan fingerprint density at radius 2 is 1.76 bits per heavy atom. The number of phenols is 1. The molecule has 3 rings (SSSR count). The van der Waals surface area contributed by atoms with Crippen LogP contribution in [0.1, 0.15) is 26.3 Å². The van der Waals surface area contributed by atoms with E-state index < -0.39 is 17.6 Å². The fourth-order valence-corrected chi connectivity index (χ4v) is 2.80. The second-order valence-corrected chi connectivity index (χ2v) is 6.86. The molecule has 0 saturated carbocycles. The van der Waals surface area contributed by atoms with E-state index in [0.717, 1.165) is 0 Å². The Morgan fingerprint density at radius 1 is 1.00 bits per heavy atom. The average molecular weight is 456 g/mol. The molecule has 146 valence electrons. The summed E-state index contributed by atoms with van der Waals surface area (Å²) in [6.45, 7) is 0. The van der Waals surface area contributed by atoms with Gasteiger partial charge in [-0.3, -0.25) is 9.59 Å². The molecule has 0 spiro atoms. The zero-order valence-electron chi connectivity index (χ0n) is 14.9. The molecule has 29 heavy (non-hydrogen) atoms. The highest BCUT2D eigenvalue weighted by Gasteiger charge is 2.15. The number of nitrogens with zero attached hydrogens (tertiary/aromatic N) is 1. The van der Waals surface area contributed by atoms with Crippen LogP contribution in [0.5, 0.6) is 5.75 Å². The minimum Gasteiger partial charge on any atom is -0.508 e. The molecule has 0 aliphatic rings. The Morgan fingerprint density at radius 3 is 2.48 bits per heavy atom. The molecule has 3 N–H and O–H groups in total. The maximum absolute atomic E-state index is 13.0. The Kier molecular flexibility index (Phi) is 6.36. The third kappa shape index (κ3) is 5.49. The topological polar surface area (TPSA) is 90.8 Å². The summed E-state index contributed by atoms with van der Waals surface area (Å²) in [6.07, 6.45) is 1.38. The van der Waals surface area contributed by atoms with Crippen molar-refractivity contribution in [3.63, 3.8) is 0 Å². The molecule has 0 atom stereocenters. The maximum Gasteiger partial charge on any atom is 0.273 e. The van der Waals surface area contributed by atoms with Crippen molar-refractivity contribution >= 4 is 39.6 Å². The van der Waals surface area contributed by atoms with Gasteiger partial charge in [0.15, 0.2) is 0 Å². The van der Waals surface area contributed by atoms with Gasteiger partial charge in [-0.1, -0.05) is 28.1 Å². The van der Waals surface area contributed by atoms with Crippen molar-refractivity contribution in [2.45, 2.75) is 0 Å². The summed E-state index contributed by atoms with van der Waals surface area (Å²) in [7, 11) is 0. The molecule has 0 unspecified atom stereocenters. The van der Waals surface area contributed by atoms with Crippen LogP contribution >= 0.6 is 15.9 Å². The van der Waals surface area contributed by atoms with Crippen LogP contribution in [0.4, 0.5) is 10.1 Å². The van der Waals surface area contributed by atoms with E-state index in [1.807, 2.05) is 0 Å². The normalized spacial score (nSPS) is 10.7. The van der Waals surface area contributed by atoms with E-state index in [0.29, 0.717) is 10.0 Å². The number of nitrogens with one attached hydrogen (secondary N) is 2. The van der Waals surface area contributed by atoms with E-state index in [9.17, 15) is 19.1 Å². The Bertz CT molecular complexity index is 1080. The molecule has 3 aromatic carbocycles. The third-order valence-corrected chi connectivity index (χ3v) is 4.32. The van der Waals surface area contributed by atoms with Gasteiger partial charge in [-0.15, -0.1) is 0 Å². The molecule has 0 aromatic heterocycles. The van der Waals surface area contributed by atoms with Gasteiger partial charge in [-0.2, -0.15) is 5.10 Å². The van der Waals surface area contributed by atoms with Gasteiger partial charge in [0.2, 0.25) is 0 Å². The molecule has 0 radical (unpaired) electrons.